The van der Waals surface area contributed by atoms with Gasteiger partial charge in [0.1, 0.15) is 5.84 Å². The Bertz CT molecular complexity index is 1070. The quantitative estimate of drug-likeness (QED) is 0.318. The molecule has 0 unspecified atom stereocenters. The number of hydrogen-bond acceptors (Lipinski definition) is 5. The first kappa shape index (κ1) is 25.0. The molecule has 0 aromatic heterocycles. The fraction of sp³-hybridized carbons (Fsp3) is 0.348. The van der Waals surface area contributed by atoms with E-state index in [4.69, 9.17) is 5.73 Å². The Morgan fingerprint density at radius 3 is 2.41 bits per heavy atom. The summed E-state index contributed by atoms with van der Waals surface area (Å²) in [6, 6.07) is 8.32. The fourth-order valence-electron chi connectivity index (χ4n) is 3.56. The number of ether oxygens (including phenoxy) is 1. The highest BCUT2D eigenvalue weighted by molar-refractivity contribution is 6.03. The lowest BCUT2D eigenvalue weighted by molar-refractivity contribution is -0.137. The number of nitrogens with zero attached hydrogens (tertiary/aromatic N) is 2. The zero-order valence-corrected chi connectivity index (χ0v) is 18.6. The molecule has 2 amide bonds. The number of nitrogens with one attached hydrogen (secondary N) is 2. The van der Waals surface area contributed by atoms with E-state index < -0.39 is 23.7 Å². The van der Waals surface area contributed by atoms with Gasteiger partial charge in [-0.25, -0.2) is 9.59 Å². The van der Waals surface area contributed by atoms with Crippen molar-refractivity contribution in [2.45, 2.75) is 19.0 Å². The van der Waals surface area contributed by atoms with Crippen molar-refractivity contribution in [3.63, 3.8) is 0 Å². The summed E-state index contributed by atoms with van der Waals surface area (Å²) >= 11 is 0. The number of urea groups is 1. The summed E-state index contributed by atoms with van der Waals surface area (Å²) in [5, 5.41) is 4.85. The third-order valence-electron chi connectivity index (χ3n) is 5.25. The molecule has 0 saturated carbocycles. The van der Waals surface area contributed by atoms with Gasteiger partial charge in [-0.15, -0.1) is 0 Å². The number of methoxy groups -OCH3 is 1. The van der Waals surface area contributed by atoms with Crippen LogP contribution >= 0.6 is 0 Å². The van der Waals surface area contributed by atoms with Gasteiger partial charge in [0.2, 0.25) is 0 Å². The van der Waals surface area contributed by atoms with Gasteiger partial charge in [-0.1, -0.05) is 12.1 Å². The van der Waals surface area contributed by atoms with Crippen LogP contribution in [0.4, 0.5) is 29.3 Å². The summed E-state index contributed by atoms with van der Waals surface area (Å²) in [6.45, 7) is 3.52. The smallest absolute Gasteiger partial charge is 0.416 e. The van der Waals surface area contributed by atoms with E-state index in [0.29, 0.717) is 29.7 Å². The highest BCUT2D eigenvalue weighted by atomic mass is 19.4. The van der Waals surface area contributed by atoms with Crippen LogP contribution in [0.3, 0.4) is 0 Å². The van der Waals surface area contributed by atoms with E-state index in [1.165, 1.54) is 12.8 Å². The molecule has 3 rings (SSSR count). The number of amidine groups is 1. The monoisotopic (exact) mass is 477 g/mol. The first-order valence-corrected chi connectivity index (χ1v) is 10.7. The van der Waals surface area contributed by atoms with Crippen LogP contribution in [-0.2, 0) is 10.9 Å². The highest BCUT2D eigenvalue weighted by Crippen LogP contribution is 2.32. The molecule has 8 nitrogen and oxygen atoms in total. The number of hydrogen-bond donors (Lipinski definition) is 3. The molecule has 0 spiro atoms. The molecule has 2 aromatic rings. The molecule has 1 aliphatic heterocycles. The number of aliphatic imine (C=N–C) groups is 1. The summed E-state index contributed by atoms with van der Waals surface area (Å²) in [5.41, 5.74) is 5.39. The zero-order chi connectivity index (χ0) is 24.7. The molecule has 1 heterocycles. The number of amides is 2. The van der Waals surface area contributed by atoms with Gasteiger partial charge in [-0.2, -0.15) is 13.2 Å². The average molecular weight is 477 g/mol. The van der Waals surface area contributed by atoms with E-state index in [9.17, 15) is 22.8 Å². The number of nitrogens with two attached hydrogens (primary N) is 1. The molecule has 1 fully saturated rings. The van der Waals surface area contributed by atoms with Crippen LogP contribution in [-0.4, -0.2) is 56.0 Å². The van der Waals surface area contributed by atoms with Crippen LogP contribution < -0.4 is 16.4 Å². The van der Waals surface area contributed by atoms with Gasteiger partial charge < -0.3 is 26.0 Å². The van der Waals surface area contributed by atoms with Crippen LogP contribution in [0.15, 0.2) is 47.5 Å². The SMILES string of the molecule is COC(=O)c1cc(NC(=O)Nc2cccc(C(N)=NCCN3CCCC3)c2)cc(C(F)(F)F)c1. The number of likely N-dealkylation sites (tertiary alicyclic amines) is 1. The number of anilines is 2. The summed E-state index contributed by atoms with van der Waals surface area (Å²) < 4.78 is 44.1. The minimum atomic E-state index is -4.71. The van der Waals surface area contributed by atoms with Crippen LogP contribution in [0.5, 0.6) is 0 Å². The van der Waals surface area contributed by atoms with E-state index in [0.717, 1.165) is 38.9 Å². The maximum Gasteiger partial charge on any atom is 0.416 e. The topological polar surface area (TPSA) is 109 Å². The first-order chi connectivity index (χ1) is 16.2. The van der Waals surface area contributed by atoms with Crippen molar-refractivity contribution in [2.24, 2.45) is 10.7 Å². The van der Waals surface area contributed by atoms with E-state index >= 15 is 0 Å². The van der Waals surface area contributed by atoms with Gasteiger partial charge in [-0.3, -0.25) is 4.99 Å². The number of alkyl halides is 3. The maximum atomic E-state index is 13.2. The molecule has 2 aromatic carbocycles. The number of carbonyl (C=O) groups is 2. The predicted molar refractivity (Wildman–Crippen MR) is 123 cm³/mol. The molecule has 34 heavy (non-hydrogen) atoms. The van der Waals surface area contributed by atoms with E-state index in [2.05, 4.69) is 25.3 Å². The van der Waals surface area contributed by atoms with Gasteiger partial charge in [0.05, 0.1) is 24.8 Å². The van der Waals surface area contributed by atoms with Crippen molar-refractivity contribution in [3.8, 4) is 0 Å². The molecule has 0 atom stereocenters. The molecular formula is C23H26F3N5O3. The molecule has 0 bridgehead atoms. The molecule has 1 saturated heterocycles. The Labute approximate surface area is 195 Å². The fourth-order valence-corrected chi connectivity index (χ4v) is 3.56. The van der Waals surface area contributed by atoms with E-state index in [1.807, 2.05) is 0 Å². The highest BCUT2D eigenvalue weighted by Gasteiger charge is 2.32. The Kier molecular flexibility index (Phi) is 8.11. The van der Waals surface area contributed by atoms with Gasteiger partial charge in [0, 0.05) is 23.5 Å². The summed E-state index contributed by atoms with van der Waals surface area (Å²) in [5.74, 6) is -0.634. The Balaban J connectivity index is 1.67. The van der Waals surface area contributed by atoms with E-state index in [1.54, 1.807) is 24.3 Å². The number of esters is 1. The third-order valence-corrected chi connectivity index (χ3v) is 5.25. The Morgan fingerprint density at radius 2 is 1.74 bits per heavy atom. The Morgan fingerprint density at radius 1 is 1.06 bits per heavy atom. The van der Waals surface area contributed by atoms with Crippen molar-refractivity contribution in [2.75, 3.05) is 43.9 Å². The molecule has 4 N–H and O–H groups in total. The molecule has 11 heteroatoms. The molecule has 0 aliphatic carbocycles. The number of halogens is 3. The second-order valence-corrected chi connectivity index (χ2v) is 7.76. The lowest BCUT2D eigenvalue weighted by atomic mass is 10.1. The average Bonchev–Trinajstić information content (AvgIpc) is 3.31. The summed E-state index contributed by atoms with van der Waals surface area (Å²) in [4.78, 5) is 30.8. The summed E-state index contributed by atoms with van der Waals surface area (Å²) in [6.07, 6.45) is -2.32. The zero-order valence-electron chi connectivity index (χ0n) is 18.6. The van der Waals surface area contributed by atoms with Gasteiger partial charge in [-0.05, 0) is 56.3 Å². The number of rotatable bonds is 7. The van der Waals surface area contributed by atoms with Crippen molar-refractivity contribution in [3.05, 3.63) is 59.2 Å². The van der Waals surface area contributed by atoms with Crippen LogP contribution in [0.1, 0.15) is 34.3 Å². The van der Waals surface area contributed by atoms with Crippen molar-refractivity contribution in [1.82, 2.24) is 4.90 Å². The van der Waals surface area contributed by atoms with Gasteiger partial charge in [0.15, 0.2) is 0 Å². The predicted octanol–water partition coefficient (Wildman–Crippen LogP) is 3.94. The largest absolute Gasteiger partial charge is 0.465 e. The third kappa shape index (κ3) is 6.95. The van der Waals surface area contributed by atoms with E-state index in [-0.39, 0.29) is 11.3 Å². The Hall–Kier alpha value is -3.60. The van der Waals surface area contributed by atoms with Crippen molar-refractivity contribution in [1.29, 1.82) is 0 Å². The van der Waals surface area contributed by atoms with Gasteiger partial charge >= 0.3 is 18.2 Å². The second-order valence-electron chi connectivity index (χ2n) is 7.76. The van der Waals surface area contributed by atoms with Crippen LogP contribution in [0.25, 0.3) is 0 Å². The normalized spacial score (nSPS) is 14.6. The summed E-state index contributed by atoms with van der Waals surface area (Å²) in [7, 11) is 1.05. The minimum absolute atomic E-state index is 0.216. The van der Waals surface area contributed by atoms with Crippen molar-refractivity contribution < 1.29 is 27.5 Å². The van der Waals surface area contributed by atoms with Crippen LogP contribution in [0, 0.1) is 0 Å². The molecule has 0 radical (unpaired) electrons. The second kappa shape index (κ2) is 11.0. The number of carbonyl (C=O) groups excluding carboxylic acids is 2. The lowest BCUT2D eigenvalue weighted by Gasteiger charge is -2.13. The molecule has 182 valence electrons. The lowest BCUT2D eigenvalue weighted by Crippen LogP contribution is -2.24. The van der Waals surface area contributed by atoms with Crippen LogP contribution in [0.2, 0.25) is 0 Å². The maximum absolute atomic E-state index is 13.2. The van der Waals surface area contributed by atoms with Crippen molar-refractivity contribution >= 4 is 29.2 Å². The minimum Gasteiger partial charge on any atom is -0.465 e. The number of benzene rings is 2. The standard InChI is InChI=1S/C23H26F3N5O3/c1-34-21(32)16-11-17(23(24,25)26)14-19(13-16)30-22(33)29-18-6-4-5-15(12-18)20(27)28-7-10-31-8-2-3-9-31/h4-6,11-14H,2-3,7-10H2,1H3,(H2,27,28)(H2,29,30,33). The molecular weight excluding hydrogens is 451 g/mol. The molecule has 1 aliphatic rings. The van der Waals surface area contributed by atoms with Gasteiger partial charge in [0.25, 0.3) is 0 Å². The first-order valence-electron chi connectivity index (χ1n) is 10.7.